The van der Waals surface area contributed by atoms with Gasteiger partial charge in [-0.25, -0.2) is 4.98 Å². The van der Waals surface area contributed by atoms with E-state index in [-0.39, 0.29) is 5.56 Å². The van der Waals surface area contributed by atoms with Crippen LogP contribution in [-0.4, -0.2) is 26.3 Å². The van der Waals surface area contributed by atoms with Crippen LogP contribution in [0.2, 0.25) is 0 Å². The van der Waals surface area contributed by atoms with Crippen LogP contribution in [0.25, 0.3) is 22.3 Å². The Morgan fingerprint density at radius 1 is 1.06 bits per heavy atom. The maximum absolute atomic E-state index is 13.0. The molecular weight excluding hydrogens is 412 g/mol. The molecule has 7 nitrogen and oxygen atoms in total. The lowest BCUT2D eigenvalue weighted by molar-refractivity contribution is 0.341. The van der Waals surface area contributed by atoms with Crippen molar-refractivity contribution in [3.63, 3.8) is 0 Å². The predicted octanol–water partition coefficient (Wildman–Crippen LogP) is 4.94. The van der Waals surface area contributed by atoms with Crippen LogP contribution in [-0.2, 0) is 12.3 Å². The molecule has 160 valence electrons. The number of unbranched alkanes of at least 4 members (excludes halogenated alkanes) is 1. The minimum atomic E-state index is -0.0154. The summed E-state index contributed by atoms with van der Waals surface area (Å²) in [5.41, 5.74) is 1.46. The summed E-state index contributed by atoms with van der Waals surface area (Å²) in [6.45, 7) is 5.23. The van der Waals surface area contributed by atoms with E-state index in [1.165, 1.54) is 11.8 Å². The molecule has 0 atom stereocenters. The van der Waals surface area contributed by atoms with Crippen molar-refractivity contribution >= 4 is 22.7 Å². The number of benzene rings is 2. The lowest BCUT2D eigenvalue weighted by Gasteiger charge is -2.12. The SMILES string of the molecule is CCCCn1c(SCc2nc(-c3ccccc3OCC)no2)nc2ccccc2c1=O. The molecule has 0 spiro atoms. The smallest absolute Gasteiger partial charge is 0.262 e. The van der Waals surface area contributed by atoms with Gasteiger partial charge < -0.3 is 9.26 Å². The van der Waals surface area contributed by atoms with Gasteiger partial charge in [-0.3, -0.25) is 9.36 Å². The Morgan fingerprint density at radius 3 is 2.71 bits per heavy atom. The van der Waals surface area contributed by atoms with Crippen LogP contribution in [0.4, 0.5) is 0 Å². The van der Waals surface area contributed by atoms with E-state index in [0.717, 1.165) is 24.2 Å². The van der Waals surface area contributed by atoms with Crippen molar-refractivity contribution in [2.45, 2.75) is 44.1 Å². The molecule has 0 saturated heterocycles. The number of nitrogens with zero attached hydrogens (tertiary/aromatic N) is 4. The number of thioether (sulfide) groups is 1. The van der Waals surface area contributed by atoms with E-state index >= 15 is 0 Å². The molecule has 4 aromatic rings. The first-order valence-electron chi connectivity index (χ1n) is 10.4. The second-order valence-corrected chi connectivity index (χ2v) is 7.89. The maximum Gasteiger partial charge on any atom is 0.262 e. The van der Waals surface area contributed by atoms with Gasteiger partial charge in [0, 0.05) is 6.54 Å². The molecule has 0 aliphatic heterocycles. The van der Waals surface area contributed by atoms with Gasteiger partial charge >= 0.3 is 0 Å². The quantitative estimate of drug-likeness (QED) is 0.271. The molecule has 0 unspecified atom stereocenters. The zero-order valence-electron chi connectivity index (χ0n) is 17.6. The standard InChI is InChI=1S/C23H24N4O3S/c1-3-5-14-27-22(28)16-10-6-8-12-18(16)24-23(27)31-15-20-25-21(26-30-20)17-11-7-9-13-19(17)29-4-2/h6-13H,3-5,14-15H2,1-2H3. The summed E-state index contributed by atoms with van der Waals surface area (Å²) in [6.07, 6.45) is 1.90. The van der Waals surface area contributed by atoms with Crippen molar-refractivity contribution in [3.05, 3.63) is 64.8 Å². The van der Waals surface area contributed by atoms with Crippen molar-refractivity contribution in [1.82, 2.24) is 19.7 Å². The normalized spacial score (nSPS) is 11.2. The first-order valence-corrected chi connectivity index (χ1v) is 11.4. The monoisotopic (exact) mass is 436 g/mol. The van der Waals surface area contributed by atoms with Gasteiger partial charge in [-0.05, 0) is 37.6 Å². The molecule has 31 heavy (non-hydrogen) atoms. The minimum absolute atomic E-state index is 0.0154. The van der Waals surface area contributed by atoms with Crippen LogP contribution in [0, 0.1) is 0 Å². The molecule has 0 radical (unpaired) electrons. The van der Waals surface area contributed by atoms with E-state index in [0.29, 0.717) is 46.7 Å². The first-order chi connectivity index (χ1) is 15.2. The molecule has 2 aromatic heterocycles. The summed E-state index contributed by atoms with van der Waals surface area (Å²) < 4.78 is 12.9. The van der Waals surface area contributed by atoms with Crippen molar-refractivity contribution in [3.8, 4) is 17.1 Å². The number of para-hydroxylation sites is 2. The van der Waals surface area contributed by atoms with Crippen LogP contribution in [0.1, 0.15) is 32.6 Å². The highest BCUT2D eigenvalue weighted by Crippen LogP contribution is 2.29. The zero-order valence-corrected chi connectivity index (χ0v) is 18.4. The van der Waals surface area contributed by atoms with Gasteiger partial charge in [0.25, 0.3) is 5.56 Å². The van der Waals surface area contributed by atoms with Crippen LogP contribution in [0.15, 0.2) is 63.0 Å². The molecule has 2 heterocycles. The molecule has 0 saturated carbocycles. The third kappa shape index (κ3) is 4.64. The Kier molecular flexibility index (Phi) is 6.66. The Balaban J connectivity index is 1.59. The Morgan fingerprint density at radius 2 is 1.87 bits per heavy atom. The minimum Gasteiger partial charge on any atom is -0.493 e. The highest BCUT2D eigenvalue weighted by Gasteiger charge is 2.16. The number of rotatable bonds is 9. The Hall–Kier alpha value is -3.13. The number of hydrogen-bond acceptors (Lipinski definition) is 7. The number of ether oxygens (including phenoxy) is 1. The topological polar surface area (TPSA) is 83.0 Å². The molecule has 0 aliphatic rings. The predicted molar refractivity (Wildman–Crippen MR) is 121 cm³/mol. The van der Waals surface area contributed by atoms with Gasteiger partial charge in [-0.1, -0.05) is 54.5 Å². The molecule has 0 fully saturated rings. The van der Waals surface area contributed by atoms with Crippen LogP contribution in [0.5, 0.6) is 5.75 Å². The van der Waals surface area contributed by atoms with Gasteiger partial charge in [-0.2, -0.15) is 4.98 Å². The van der Waals surface area contributed by atoms with E-state index in [9.17, 15) is 4.79 Å². The van der Waals surface area contributed by atoms with Crippen molar-refractivity contribution in [2.75, 3.05) is 6.61 Å². The molecule has 0 amide bonds. The molecule has 2 aromatic carbocycles. The highest BCUT2D eigenvalue weighted by atomic mass is 32.2. The first kappa shape index (κ1) is 21.1. The molecular formula is C23H24N4O3S. The second-order valence-electron chi connectivity index (χ2n) is 6.95. The molecule has 0 aliphatic carbocycles. The third-order valence-electron chi connectivity index (χ3n) is 4.78. The van der Waals surface area contributed by atoms with Crippen LogP contribution >= 0.6 is 11.8 Å². The van der Waals surface area contributed by atoms with Crippen LogP contribution < -0.4 is 10.3 Å². The second kappa shape index (κ2) is 9.78. The average molecular weight is 437 g/mol. The zero-order chi connectivity index (χ0) is 21.6. The van der Waals surface area contributed by atoms with E-state index in [1.54, 1.807) is 4.57 Å². The molecule has 0 bridgehead atoms. The van der Waals surface area contributed by atoms with E-state index < -0.39 is 0 Å². The fourth-order valence-corrected chi connectivity index (χ4v) is 4.12. The third-order valence-corrected chi connectivity index (χ3v) is 5.74. The largest absolute Gasteiger partial charge is 0.493 e. The Labute approximate surface area is 184 Å². The number of hydrogen-bond donors (Lipinski definition) is 0. The summed E-state index contributed by atoms with van der Waals surface area (Å²) in [5.74, 6) is 2.08. The van der Waals surface area contributed by atoms with Gasteiger partial charge in [0.1, 0.15) is 5.75 Å². The molecule has 8 heteroatoms. The van der Waals surface area contributed by atoms with Gasteiger partial charge in [0.15, 0.2) is 5.16 Å². The van der Waals surface area contributed by atoms with Crippen LogP contribution in [0.3, 0.4) is 0 Å². The summed E-state index contributed by atoms with van der Waals surface area (Å²) >= 11 is 1.43. The van der Waals surface area contributed by atoms with Crippen molar-refractivity contribution < 1.29 is 9.26 Å². The van der Waals surface area contributed by atoms with Gasteiger partial charge in [0.2, 0.25) is 11.7 Å². The van der Waals surface area contributed by atoms with Gasteiger partial charge in [0.05, 0.1) is 28.8 Å². The van der Waals surface area contributed by atoms with E-state index in [4.69, 9.17) is 14.2 Å². The number of aromatic nitrogens is 4. The van der Waals surface area contributed by atoms with Crippen molar-refractivity contribution in [2.24, 2.45) is 0 Å². The fourth-order valence-electron chi connectivity index (χ4n) is 3.25. The number of fused-ring (bicyclic) bond motifs is 1. The lowest BCUT2D eigenvalue weighted by Crippen LogP contribution is -2.23. The van der Waals surface area contributed by atoms with E-state index in [1.807, 2.05) is 55.5 Å². The van der Waals surface area contributed by atoms with Gasteiger partial charge in [-0.15, -0.1) is 0 Å². The lowest BCUT2D eigenvalue weighted by atomic mass is 10.2. The Bertz CT molecular complexity index is 1230. The summed E-state index contributed by atoms with van der Waals surface area (Å²) in [7, 11) is 0. The average Bonchev–Trinajstić information content (AvgIpc) is 3.27. The summed E-state index contributed by atoms with van der Waals surface area (Å²) in [6, 6.07) is 15.0. The summed E-state index contributed by atoms with van der Waals surface area (Å²) in [5, 5.41) is 5.41. The van der Waals surface area contributed by atoms with Crippen molar-refractivity contribution in [1.29, 1.82) is 0 Å². The fraction of sp³-hybridized carbons (Fsp3) is 0.304. The summed E-state index contributed by atoms with van der Waals surface area (Å²) in [4.78, 5) is 22.2. The molecule has 0 N–H and O–H groups in total. The highest BCUT2D eigenvalue weighted by molar-refractivity contribution is 7.98. The maximum atomic E-state index is 13.0. The molecule has 4 rings (SSSR count). The van der Waals surface area contributed by atoms with E-state index in [2.05, 4.69) is 17.1 Å².